The third-order valence-corrected chi connectivity index (χ3v) is 2.32. The molecule has 1 aromatic heterocycles. The van der Waals surface area contributed by atoms with E-state index in [-0.39, 0.29) is 11.6 Å². The van der Waals surface area contributed by atoms with Gasteiger partial charge in [0.05, 0.1) is 0 Å². The van der Waals surface area contributed by atoms with Crippen molar-refractivity contribution in [3.8, 4) is 0 Å². The van der Waals surface area contributed by atoms with Gasteiger partial charge < -0.3 is 16.4 Å². The maximum absolute atomic E-state index is 13.5. The molecule has 0 saturated heterocycles. The molecule has 0 aliphatic carbocycles. The number of hydrogen-bond acceptors (Lipinski definition) is 4. The zero-order valence-electron chi connectivity index (χ0n) is 10.5. The Bertz CT molecular complexity index is 463. The van der Waals surface area contributed by atoms with Gasteiger partial charge in [-0.15, -0.1) is 0 Å². The molecule has 100 valence electrons. The van der Waals surface area contributed by atoms with Gasteiger partial charge in [0.15, 0.2) is 23.3 Å². The molecular formula is C11H16F2N4O. The zero-order valence-corrected chi connectivity index (χ0v) is 10.5. The van der Waals surface area contributed by atoms with Crippen LogP contribution < -0.4 is 16.4 Å². The van der Waals surface area contributed by atoms with Crippen molar-refractivity contribution < 1.29 is 13.6 Å². The van der Waals surface area contributed by atoms with E-state index in [1.807, 2.05) is 0 Å². The Labute approximate surface area is 104 Å². The van der Waals surface area contributed by atoms with E-state index in [0.717, 1.165) is 0 Å². The van der Waals surface area contributed by atoms with Crippen molar-refractivity contribution in [3.05, 3.63) is 17.7 Å². The summed E-state index contributed by atoms with van der Waals surface area (Å²) in [6, 6.07) is 0.699. The lowest BCUT2D eigenvalue weighted by Gasteiger charge is -2.23. The molecule has 18 heavy (non-hydrogen) atoms. The minimum absolute atomic E-state index is 0.0818. The number of nitrogens with two attached hydrogens (primary N) is 1. The fourth-order valence-electron chi connectivity index (χ4n) is 1.20. The lowest BCUT2D eigenvalue weighted by molar-refractivity contribution is -0.121. The van der Waals surface area contributed by atoms with Crippen LogP contribution in [0.2, 0.25) is 0 Å². The van der Waals surface area contributed by atoms with Crippen LogP contribution in [0.4, 0.5) is 20.4 Å². The first kappa shape index (κ1) is 14.1. The predicted molar refractivity (Wildman–Crippen MR) is 65.2 cm³/mol. The molecule has 0 atom stereocenters. The van der Waals surface area contributed by atoms with Crippen LogP contribution in [0.5, 0.6) is 0 Å². The number of pyridine rings is 1. The monoisotopic (exact) mass is 258 g/mol. The average Bonchev–Trinajstić information content (AvgIpc) is 2.24. The Morgan fingerprint density at radius 3 is 2.44 bits per heavy atom. The molecule has 1 amide bonds. The van der Waals surface area contributed by atoms with Crippen LogP contribution in [0.15, 0.2) is 6.07 Å². The van der Waals surface area contributed by atoms with Gasteiger partial charge in [-0.3, -0.25) is 4.79 Å². The van der Waals surface area contributed by atoms with Crippen LogP contribution in [0.3, 0.4) is 0 Å². The van der Waals surface area contributed by atoms with E-state index in [1.165, 1.54) is 13.8 Å². The first-order valence-corrected chi connectivity index (χ1v) is 5.46. The minimum Gasteiger partial charge on any atom is -0.368 e. The van der Waals surface area contributed by atoms with Crippen molar-refractivity contribution in [1.82, 2.24) is 4.98 Å². The zero-order chi connectivity index (χ0) is 13.9. The third kappa shape index (κ3) is 3.06. The number of hydrogen-bond donors (Lipinski definition) is 3. The molecule has 0 fully saturated rings. The van der Waals surface area contributed by atoms with Gasteiger partial charge in [0.1, 0.15) is 5.54 Å². The molecule has 1 rings (SSSR count). The summed E-state index contributed by atoms with van der Waals surface area (Å²) in [7, 11) is 0. The molecular weight excluding hydrogens is 242 g/mol. The van der Waals surface area contributed by atoms with Gasteiger partial charge in [-0.1, -0.05) is 0 Å². The standard InChI is InChI=1S/C11H16F2N4O/c1-4-15-8-6(12)5-7(13)9(16-8)17-11(2,3)10(14)18/h5H,4H2,1-3H3,(H2,14,18)(H2,15,16,17). The highest BCUT2D eigenvalue weighted by Crippen LogP contribution is 2.21. The number of primary amides is 1. The van der Waals surface area contributed by atoms with Crippen molar-refractivity contribution in [2.24, 2.45) is 5.73 Å². The number of anilines is 2. The maximum Gasteiger partial charge on any atom is 0.242 e. The Hall–Kier alpha value is -1.92. The van der Waals surface area contributed by atoms with E-state index in [9.17, 15) is 13.6 Å². The van der Waals surface area contributed by atoms with Crippen LogP contribution in [-0.2, 0) is 4.79 Å². The Morgan fingerprint density at radius 1 is 1.39 bits per heavy atom. The predicted octanol–water partition coefficient (Wildman–Crippen LogP) is 1.47. The highest BCUT2D eigenvalue weighted by molar-refractivity contribution is 5.86. The molecule has 0 bridgehead atoms. The van der Waals surface area contributed by atoms with Crippen LogP contribution in [-0.4, -0.2) is 23.0 Å². The molecule has 7 heteroatoms. The SMILES string of the molecule is CCNc1nc(NC(C)(C)C(N)=O)c(F)cc1F. The highest BCUT2D eigenvalue weighted by Gasteiger charge is 2.27. The van der Waals surface area contributed by atoms with Gasteiger partial charge in [0.25, 0.3) is 0 Å². The average molecular weight is 258 g/mol. The van der Waals surface area contributed by atoms with Gasteiger partial charge in [0, 0.05) is 12.6 Å². The fraction of sp³-hybridized carbons (Fsp3) is 0.455. The van der Waals surface area contributed by atoms with Gasteiger partial charge in [0.2, 0.25) is 5.91 Å². The van der Waals surface area contributed by atoms with Gasteiger partial charge in [-0.05, 0) is 20.8 Å². The number of carbonyl (C=O) groups excluding carboxylic acids is 1. The van der Waals surface area contributed by atoms with Crippen molar-refractivity contribution >= 4 is 17.5 Å². The van der Waals surface area contributed by atoms with Crippen molar-refractivity contribution in [3.63, 3.8) is 0 Å². The molecule has 5 nitrogen and oxygen atoms in total. The maximum atomic E-state index is 13.5. The van der Waals surface area contributed by atoms with Gasteiger partial charge >= 0.3 is 0 Å². The number of halogens is 2. The second-order valence-corrected chi connectivity index (χ2v) is 4.29. The second-order valence-electron chi connectivity index (χ2n) is 4.29. The lowest BCUT2D eigenvalue weighted by atomic mass is 10.1. The second kappa shape index (κ2) is 5.16. The minimum atomic E-state index is -1.19. The molecule has 0 radical (unpaired) electrons. The number of nitrogens with zero attached hydrogens (tertiary/aromatic N) is 1. The Kier molecular flexibility index (Phi) is 4.05. The number of amides is 1. The van der Waals surface area contributed by atoms with Gasteiger partial charge in [-0.25, -0.2) is 13.8 Å². The highest BCUT2D eigenvalue weighted by atomic mass is 19.1. The summed E-state index contributed by atoms with van der Waals surface area (Å²) >= 11 is 0. The summed E-state index contributed by atoms with van der Waals surface area (Å²) in [6.07, 6.45) is 0. The molecule has 0 aliphatic heterocycles. The number of carbonyl (C=O) groups is 1. The summed E-state index contributed by atoms with van der Waals surface area (Å²) in [6.45, 7) is 5.15. The number of rotatable bonds is 5. The summed E-state index contributed by atoms with van der Waals surface area (Å²) in [5, 5.41) is 5.19. The lowest BCUT2D eigenvalue weighted by Crippen LogP contribution is -2.45. The molecule has 0 aromatic carbocycles. The topological polar surface area (TPSA) is 80.0 Å². The Morgan fingerprint density at radius 2 is 1.94 bits per heavy atom. The molecule has 0 spiro atoms. The summed E-state index contributed by atoms with van der Waals surface area (Å²) in [4.78, 5) is 14.9. The molecule has 4 N–H and O–H groups in total. The van der Waals surface area contributed by atoms with E-state index < -0.39 is 23.1 Å². The fourth-order valence-corrected chi connectivity index (χ4v) is 1.20. The summed E-state index contributed by atoms with van der Waals surface area (Å²) in [5.41, 5.74) is 3.97. The number of nitrogens with one attached hydrogen (secondary N) is 2. The third-order valence-electron chi connectivity index (χ3n) is 2.32. The summed E-state index contributed by atoms with van der Waals surface area (Å²) < 4.78 is 26.8. The largest absolute Gasteiger partial charge is 0.368 e. The molecule has 0 aliphatic rings. The van der Waals surface area contributed by atoms with Crippen molar-refractivity contribution in [2.75, 3.05) is 17.2 Å². The first-order chi connectivity index (χ1) is 8.27. The van der Waals surface area contributed by atoms with Crippen molar-refractivity contribution in [2.45, 2.75) is 26.3 Å². The van der Waals surface area contributed by atoms with E-state index in [0.29, 0.717) is 12.6 Å². The normalized spacial score (nSPS) is 11.2. The van der Waals surface area contributed by atoms with E-state index in [2.05, 4.69) is 15.6 Å². The Balaban J connectivity index is 3.09. The molecule has 1 heterocycles. The van der Waals surface area contributed by atoms with Crippen LogP contribution >= 0.6 is 0 Å². The van der Waals surface area contributed by atoms with Gasteiger partial charge in [-0.2, -0.15) is 0 Å². The number of aromatic nitrogens is 1. The molecule has 1 aromatic rings. The smallest absolute Gasteiger partial charge is 0.242 e. The van der Waals surface area contributed by atoms with E-state index >= 15 is 0 Å². The van der Waals surface area contributed by atoms with Crippen LogP contribution in [0.25, 0.3) is 0 Å². The van der Waals surface area contributed by atoms with Crippen molar-refractivity contribution in [1.29, 1.82) is 0 Å². The van der Waals surface area contributed by atoms with E-state index in [1.54, 1.807) is 6.92 Å². The first-order valence-electron chi connectivity index (χ1n) is 5.46. The van der Waals surface area contributed by atoms with Crippen LogP contribution in [0, 0.1) is 11.6 Å². The van der Waals surface area contributed by atoms with Crippen LogP contribution in [0.1, 0.15) is 20.8 Å². The molecule has 0 saturated carbocycles. The molecule has 0 unspecified atom stereocenters. The van der Waals surface area contributed by atoms with E-state index in [4.69, 9.17) is 5.73 Å². The summed E-state index contributed by atoms with van der Waals surface area (Å²) in [5.74, 6) is -2.66. The quantitative estimate of drug-likeness (QED) is 0.747.